The van der Waals surface area contributed by atoms with Gasteiger partial charge < -0.3 is 5.73 Å². The number of thioether (sulfide) groups is 1. The van der Waals surface area contributed by atoms with Crippen LogP contribution in [0.15, 0.2) is 17.3 Å². The highest BCUT2D eigenvalue weighted by Crippen LogP contribution is 2.26. The van der Waals surface area contributed by atoms with Gasteiger partial charge >= 0.3 is 0 Å². The Morgan fingerprint density at radius 3 is 2.93 bits per heavy atom. The molecule has 1 aromatic rings. The van der Waals surface area contributed by atoms with Gasteiger partial charge in [-0.25, -0.2) is 4.98 Å². The average Bonchev–Trinajstić information content (AvgIpc) is 2.15. The van der Waals surface area contributed by atoms with E-state index in [4.69, 9.17) is 17.3 Å². The van der Waals surface area contributed by atoms with Crippen LogP contribution in [0.3, 0.4) is 0 Å². The number of rotatable bonds is 5. The van der Waals surface area contributed by atoms with Crippen molar-refractivity contribution in [3.05, 3.63) is 17.3 Å². The van der Waals surface area contributed by atoms with Crippen molar-refractivity contribution in [2.75, 3.05) is 11.5 Å². The molecule has 1 heterocycles. The van der Waals surface area contributed by atoms with E-state index in [0.29, 0.717) is 10.7 Å². The first-order valence-electron chi connectivity index (χ1n) is 4.78. The molecule has 0 unspecified atom stereocenters. The number of hydrogen-bond donors (Lipinski definition) is 1. The summed E-state index contributed by atoms with van der Waals surface area (Å²) >= 11 is 7.68. The Balaban J connectivity index is 2.42. The molecule has 1 rings (SSSR count). The third-order valence-electron chi connectivity index (χ3n) is 1.82. The lowest BCUT2D eigenvalue weighted by molar-refractivity contribution is 0.778. The van der Waals surface area contributed by atoms with Crippen molar-refractivity contribution in [3.8, 4) is 0 Å². The van der Waals surface area contributed by atoms with Gasteiger partial charge in [0.25, 0.3) is 0 Å². The molecule has 0 aliphatic rings. The number of anilines is 1. The van der Waals surface area contributed by atoms with Gasteiger partial charge in [-0.3, -0.25) is 0 Å². The number of hydrogen-bond acceptors (Lipinski definition) is 3. The van der Waals surface area contributed by atoms with Crippen LogP contribution in [-0.4, -0.2) is 10.7 Å². The summed E-state index contributed by atoms with van der Waals surface area (Å²) in [4.78, 5) is 4.18. The van der Waals surface area contributed by atoms with Gasteiger partial charge in [-0.05, 0) is 18.2 Å². The molecule has 1 aromatic heterocycles. The monoisotopic (exact) mass is 230 g/mol. The minimum absolute atomic E-state index is 0.618. The van der Waals surface area contributed by atoms with Gasteiger partial charge in [-0.1, -0.05) is 31.4 Å². The van der Waals surface area contributed by atoms with E-state index in [0.717, 1.165) is 10.8 Å². The number of pyridine rings is 1. The third-order valence-corrected chi connectivity index (χ3v) is 3.31. The molecule has 0 aliphatic heterocycles. The molecule has 0 aromatic carbocycles. The summed E-state index contributed by atoms with van der Waals surface area (Å²) in [6.45, 7) is 2.19. The third kappa shape index (κ3) is 3.76. The van der Waals surface area contributed by atoms with E-state index in [1.54, 1.807) is 24.0 Å². The molecule has 2 N–H and O–H groups in total. The predicted molar refractivity (Wildman–Crippen MR) is 63.9 cm³/mol. The molecule has 0 saturated heterocycles. The summed E-state index contributed by atoms with van der Waals surface area (Å²) in [5.74, 6) is 1.07. The van der Waals surface area contributed by atoms with Gasteiger partial charge in [0.05, 0.1) is 16.9 Å². The highest BCUT2D eigenvalue weighted by Gasteiger charge is 2.02. The topological polar surface area (TPSA) is 38.9 Å². The van der Waals surface area contributed by atoms with Crippen LogP contribution in [0, 0.1) is 0 Å². The zero-order valence-corrected chi connectivity index (χ0v) is 9.87. The summed E-state index contributed by atoms with van der Waals surface area (Å²) in [6.07, 6.45) is 5.36. The zero-order valence-electron chi connectivity index (χ0n) is 8.29. The van der Waals surface area contributed by atoms with E-state index < -0.39 is 0 Å². The van der Waals surface area contributed by atoms with Gasteiger partial charge in [-0.2, -0.15) is 0 Å². The minimum Gasteiger partial charge on any atom is -0.397 e. The summed E-state index contributed by atoms with van der Waals surface area (Å²) in [6, 6.07) is 1.75. The van der Waals surface area contributed by atoms with Crippen LogP contribution in [0.25, 0.3) is 0 Å². The number of aromatic nitrogens is 1. The molecule has 0 spiro atoms. The van der Waals surface area contributed by atoms with Crippen molar-refractivity contribution in [1.82, 2.24) is 4.98 Å². The summed E-state index contributed by atoms with van der Waals surface area (Å²) in [5.41, 5.74) is 6.17. The first kappa shape index (κ1) is 11.7. The smallest absolute Gasteiger partial charge is 0.115 e. The Morgan fingerprint density at radius 1 is 1.50 bits per heavy atom. The number of halogens is 1. The molecule has 0 amide bonds. The number of nitrogens with two attached hydrogens (primary N) is 1. The summed E-state index contributed by atoms with van der Waals surface area (Å²) < 4.78 is 0. The second-order valence-corrected chi connectivity index (χ2v) is 4.60. The molecule has 0 aliphatic carbocycles. The van der Waals surface area contributed by atoms with Crippen LogP contribution >= 0.6 is 23.4 Å². The lowest BCUT2D eigenvalue weighted by Gasteiger charge is -2.03. The largest absolute Gasteiger partial charge is 0.397 e. The first-order valence-corrected chi connectivity index (χ1v) is 6.14. The van der Waals surface area contributed by atoms with Crippen molar-refractivity contribution in [2.24, 2.45) is 0 Å². The molecule has 0 radical (unpaired) electrons. The average molecular weight is 231 g/mol. The van der Waals surface area contributed by atoms with Crippen molar-refractivity contribution in [2.45, 2.75) is 31.2 Å². The second kappa shape index (κ2) is 6.14. The van der Waals surface area contributed by atoms with Crippen LogP contribution < -0.4 is 5.73 Å². The fourth-order valence-corrected chi connectivity index (χ4v) is 2.27. The predicted octanol–water partition coefficient (Wildman–Crippen LogP) is 3.60. The molecular weight excluding hydrogens is 216 g/mol. The van der Waals surface area contributed by atoms with E-state index in [1.165, 1.54) is 19.3 Å². The molecule has 14 heavy (non-hydrogen) atoms. The van der Waals surface area contributed by atoms with E-state index in [1.807, 2.05) is 0 Å². The molecule has 2 nitrogen and oxygen atoms in total. The van der Waals surface area contributed by atoms with Gasteiger partial charge in [-0.15, -0.1) is 11.8 Å². The van der Waals surface area contributed by atoms with Crippen LogP contribution in [0.5, 0.6) is 0 Å². The second-order valence-electron chi connectivity index (χ2n) is 3.11. The zero-order chi connectivity index (χ0) is 10.4. The Bertz CT molecular complexity index is 291. The van der Waals surface area contributed by atoms with E-state index in [-0.39, 0.29) is 0 Å². The quantitative estimate of drug-likeness (QED) is 0.621. The fourth-order valence-electron chi connectivity index (χ4n) is 1.07. The maximum Gasteiger partial charge on any atom is 0.115 e. The Labute approximate surface area is 94.2 Å². The summed E-state index contributed by atoms with van der Waals surface area (Å²) in [5, 5.41) is 1.54. The molecular formula is C10H15ClN2S. The minimum atomic E-state index is 0.618. The molecule has 78 valence electrons. The van der Waals surface area contributed by atoms with Crippen LogP contribution in [0.1, 0.15) is 26.2 Å². The maximum atomic E-state index is 5.98. The van der Waals surface area contributed by atoms with Crippen molar-refractivity contribution in [3.63, 3.8) is 0 Å². The molecule has 4 heteroatoms. The normalized spacial score (nSPS) is 10.4. The maximum absolute atomic E-state index is 5.98. The van der Waals surface area contributed by atoms with Crippen molar-refractivity contribution in [1.29, 1.82) is 0 Å². The Kier molecular flexibility index (Phi) is 5.12. The number of nitrogen functional groups attached to an aromatic ring is 1. The van der Waals surface area contributed by atoms with Gasteiger partial charge in [0.2, 0.25) is 0 Å². The highest BCUT2D eigenvalue weighted by atomic mass is 35.5. The van der Waals surface area contributed by atoms with E-state index >= 15 is 0 Å². The molecule has 0 atom stereocenters. The van der Waals surface area contributed by atoms with Gasteiger partial charge in [0.15, 0.2) is 0 Å². The van der Waals surface area contributed by atoms with E-state index in [9.17, 15) is 0 Å². The summed E-state index contributed by atoms with van der Waals surface area (Å²) in [7, 11) is 0. The Hall–Kier alpha value is -0.410. The van der Waals surface area contributed by atoms with Gasteiger partial charge in [0, 0.05) is 0 Å². The Morgan fingerprint density at radius 2 is 2.29 bits per heavy atom. The van der Waals surface area contributed by atoms with Crippen LogP contribution in [0.4, 0.5) is 5.69 Å². The molecule has 0 saturated carbocycles. The lowest BCUT2D eigenvalue weighted by atomic mass is 10.3. The van der Waals surface area contributed by atoms with Gasteiger partial charge in [0.1, 0.15) is 5.03 Å². The van der Waals surface area contributed by atoms with Crippen LogP contribution in [0.2, 0.25) is 5.02 Å². The fraction of sp³-hybridized carbons (Fsp3) is 0.500. The molecule has 0 fully saturated rings. The standard InChI is InChI=1S/C10H15ClN2S/c1-2-3-4-5-14-10-9(11)6-8(12)7-13-10/h6-7H,2-5,12H2,1H3. The van der Waals surface area contributed by atoms with Crippen molar-refractivity contribution < 1.29 is 0 Å². The van der Waals surface area contributed by atoms with Crippen molar-refractivity contribution >= 4 is 29.1 Å². The van der Waals surface area contributed by atoms with Crippen LogP contribution in [-0.2, 0) is 0 Å². The lowest BCUT2D eigenvalue weighted by Crippen LogP contribution is -1.89. The van der Waals surface area contributed by atoms with E-state index in [2.05, 4.69) is 11.9 Å². The SMILES string of the molecule is CCCCCSc1ncc(N)cc1Cl. The number of unbranched alkanes of at least 4 members (excludes halogenated alkanes) is 2. The number of nitrogens with zero attached hydrogens (tertiary/aromatic N) is 1. The first-order chi connectivity index (χ1) is 6.74. The molecule has 0 bridgehead atoms. The highest BCUT2D eigenvalue weighted by molar-refractivity contribution is 7.99.